The van der Waals surface area contributed by atoms with Crippen molar-refractivity contribution in [3.63, 3.8) is 0 Å². The van der Waals surface area contributed by atoms with Crippen molar-refractivity contribution in [1.82, 2.24) is 9.97 Å². The van der Waals surface area contributed by atoms with Gasteiger partial charge >= 0.3 is 5.97 Å². The van der Waals surface area contributed by atoms with Gasteiger partial charge in [-0.1, -0.05) is 18.2 Å². The van der Waals surface area contributed by atoms with Gasteiger partial charge in [0.2, 0.25) is 0 Å². The molecule has 0 spiro atoms. The van der Waals surface area contributed by atoms with Gasteiger partial charge in [0.05, 0.1) is 11.6 Å². The number of benzene rings is 1. The Bertz CT molecular complexity index is 814. The number of hydrogen-bond acceptors (Lipinski definition) is 6. The van der Waals surface area contributed by atoms with Gasteiger partial charge in [-0.15, -0.1) is 0 Å². The predicted molar refractivity (Wildman–Crippen MR) is 92.6 cm³/mol. The highest BCUT2D eigenvalue weighted by atomic mass is 32.2. The fourth-order valence-corrected chi connectivity index (χ4v) is 2.95. The number of aryl methyl sites for hydroxylation is 2. The number of nitrogens with zero attached hydrogens (tertiary/aromatic N) is 3. The summed E-state index contributed by atoms with van der Waals surface area (Å²) in [4.78, 5) is 20.1. The summed E-state index contributed by atoms with van der Waals surface area (Å²) in [5.74, 6) is -2.99. The molecule has 0 unspecified atom stereocenters. The minimum atomic E-state index is -2.58. The van der Waals surface area contributed by atoms with Crippen LogP contribution in [0.15, 0.2) is 29.4 Å². The van der Waals surface area contributed by atoms with Gasteiger partial charge in [0, 0.05) is 23.4 Å². The smallest absolute Gasteiger partial charge is 0.306 e. The van der Waals surface area contributed by atoms with Crippen molar-refractivity contribution in [3.8, 4) is 6.07 Å². The van der Waals surface area contributed by atoms with Gasteiger partial charge < -0.3 is 4.74 Å². The summed E-state index contributed by atoms with van der Waals surface area (Å²) in [5, 5.41) is 9.04. The molecule has 1 heterocycles. The minimum Gasteiger partial charge on any atom is -0.461 e. The zero-order valence-electron chi connectivity index (χ0n) is 14.3. The van der Waals surface area contributed by atoms with E-state index in [1.807, 2.05) is 6.07 Å². The van der Waals surface area contributed by atoms with Gasteiger partial charge in [-0.05, 0) is 43.7 Å². The summed E-state index contributed by atoms with van der Waals surface area (Å²) in [7, 11) is 0. The Morgan fingerprint density at radius 1 is 1.27 bits per heavy atom. The molecule has 0 atom stereocenters. The van der Waals surface area contributed by atoms with E-state index in [2.05, 4.69) is 9.97 Å². The molecule has 0 N–H and O–H groups in total. The molecule has 0 aliphatic heterocycles. The number of carbonyl (C=O) groups is 1. The van der Waals surface area contributed by atoms with E-state index in [-0.39, 0.29) is 18.2 Å². The average molecular weight is 377 g/mol. The van der Waals surface area contributed by atoms with Crippen molar-refractivity contribution in [2.24, 2.45) is 0 Å². The summed E-state index contributed by atoms with van der Waals surface area (Å²) < 4.78 is 30.1. The topological polar surface area (TPSA) is 75.9 Å². The van der Waals surface area contributed by atoms with Crippen LogP contribution in [-0.4, -0.2) is 21.7 Å². The molecular weight excluding hydrogens is 360 g/mol. The van der Waals surface area contributed by atoms with E-state index in [0.717, 1.165) is 5.56 Å². The number of halogens is 2. The zero-order chi connectivity index (χ0) is 19.1. The van der Waals surface area contributed by atoms with E-state index in [0.29, 0.717) is 40.7 Å². The van der Waals surface area contributed by atoms with Crippen molar-refractivity contribution in [1.29, 1.82) is 5.26 Å². The molecule has 0 aliphatic carbocycles. The Labute approximate surface area is 154 Å². The molecule has 2 aromatic rings. The molecule has 0 aliphatic rings. The van der Waals surface area contributed by atoms with E-state index < -0.39 is 11.7 Å². The molecule has 136 valence electrons. The van der Waals surface area contributed by atoms with Crippen LogP contribution in [-0.2, 0) is 22.6 Å². The summed E-state index contributed by atoms with van der Waals surface area (Å²) in [6.45, 7) is 3.43. The first-order chi connectivity index (χ1) is 12.4. The van der Waals surface area contributed by atoms with E-state index in [1.54, 1.807) is 38.1 Å². The first-order valence-corrected chi connectivity index (χ1v) is 8.71. The first-order valence-electron chi connectivity index (χ1n) is 7.83. The number of carbonyl (C=O) groups excluding carboxylic acids is 1. The maximum Gasteiger partial charge on any atom is 0.306 e. The molecule has 8 heteroatoms. The monoisotopic (exact) mass is 377 g/mol. The lowest BCUT2D eigenvalue weighted by molar-refractivity contribution is -0.144. The van der Waals surface area contributed by atoms with E-state index in [9.17, 15) is 13.6 Å². The Kier molecular flexibility index (Phi) is 7.04. The maximum absolute atomic E-state index is 12.4. The predicted octanol–water partition coefficient (Wildman–Crippen LogP) is 3.96. The quantitative estimate of drug-likeness (QED) is 0.413. The molecule has 0 amide bonds. The molecule has 26 heavy (non-hydrogen) atoms. The molecule has 0 radical (unpaired) electrons. The number of hydrogen-bond donors (Lipinski definition) is 0. The van der Waals surface area contributed by atoms with Gasteiger partial charge in [-0.25, -0.2) is 9.97 Å². The van der Waals surface area contributed by atoms with Crippen LogP contribution < -0.4 is 0 Å². The number of esters is 1. The van der Waals surface area contributed by atoms with Crippen LogP contribution in [0.2, 0.25) is 0 Å². The maximum atomic E-state index is 12.4. The lowest BCUT2D eigenvalue weighted by atomic mass is 10.1. The lowest BCUT2D eigenvalue weighted by Gasteiger charge is -2.11. The summed E-state index contributed by atoms with van der Waals surface area (Å²) in [6, 6.07) is 8.95. The third-order valence-electron chi connectivity index (χ3n) is 3.70. The Morgan fingerprint density at radius 2 is 1.92 bits per heavy atom. The van der Waals surface area contributed by atoms with Crippen LogP contribution in [0.5, 0.6) is 0 Å². The van der Waals surface area contributed by atoms with E-state index in [1.165, 1.54) is 0 Å². The molecule has 0 bridgehead atoms. The number of nitriles is 1. The second kappa shape index (κ2) is 9.25. The third kappa shape index (κ3) is 5.49. The van der Waals surface area contributed by atoms with Gasteiger partial charge in [0.1, 0.15) is 6.61 Å². The van der Waals surface area contributed by atoms with Gasteiger partial charge in [0.25, 0.3) is 5.76 Å². The second-order valence-corrected chi connectivity index (χ2v) is 6.42. The Morgan fingerprint density at radius 3 is 2.54 bits per heavy atom. The summed E-state index contributed by atoms with van der Waals surface area (Å²) >= 11 is 0.296. The minimum absolute atomic E-state index is 0.0226. The van der Waals surface area contributed by atoms with Crippen molar-refractivity contribution in [2.45, 2.75) is 44.2 Å². The second-order valence-electron chi connectivity index (χ2n) is 5.46. The van der Waals surface area contributed by atoms with Crippen LogP contribution in [0.1, 0.15) is 34.5 Å². The molecular formula is C18H17F2N3O2S. The highest BCUT2D eigenvalue weighted by molar-refractivity contribution is 7.99. The standard InChI is InChI=1S/C18H17F2N3O2S/c1-11-15(12(2)23-18(22-11)26-17(19)20)7-8-16(24)25-10-14-6-4-3-5-13(14)9-21/h3-6,17H,7-8,10H2,1-2H3. The Hall–Kier alpha value is -2.53. The highest BCUT2D eigenvalue weighted by Gasteiger charge is 2.15. The number of rotatable bonds is 7. The lowest BCUT2D eigenvalue weighted by Crippen LogP contribution is -2.09. The van der Waals surface area contributed by atoms with E-state index in [4.69, 9.17) is 10.00 Å². The summed E-state index contributed by atoms with van der Waals surface area (Å²) in [6.07, 6.45) is 0.469. The molecule has 5 nitrogen and oxygen atoms in total. The number of thioether (sulfide) groups is 1. The SMILES string of the molecule is Cc1nc(SC(F)F)nc(C)c1CCC(=O)OCc1ccccc1C#N. The van der Waals surface area contributed by atoms with Gasteiger partial charge in [-0.3, -0.25) is 4.79 Å². The van der Waals surface area contributed by atoms with Crippen molar-refractivity contribution < 1.29 is 18.3 Å². The number of aromatic nitrogens is 2. The van der Waals surface area contributed by atoms with Crippen LogP contribution in [0.4, 0.5) is 8.78 Å². The number of ether oxygens (including phenoxy) is 1. The first kappa shape index (κ1) is 19.8. The van der Waals surface area contributed by atoms with E-state index >= 15 is 0 Å². The molecule has 0 saturated heterocycles. The number of alkyl halides is 2. The largest absolute Gasteiger partial charge is 0.461 e. The van der Waals surface area contributed by atoms with Crippen molar-refractivity contribution in [3.05, 3.63) is 52.3 Å². The van der Waals surface area contributed by atoms with Crippen LogP contribution in [0.3, 0.4) is 0 Å². The molecule has 1 aromatic heterocycles. The zero-order valence-corrected chi connectivity index (χ0v) is 15.1. The molecule has 0 saturated carbocycles. The van der Waals surface area contributed by atoms with Gasteiger partial charge in [-0.2, -0.15) is 14.0 Å². The van der Waals surface area contributed by atoms with Crippen LogP contribution in [0, 0.1) is 25.2 Å². The average Bonchev–Trinajstić information content (AvgIpc) is 2.58. The highest BCUT2D eigenvalue weighted by Crippen LogP contribution is 2.24. The fraction of sp³-hybridized carbons (Fsp3) is 0.333. The molecule has 1 aromatic carbocycles. The molecule has 2 rings (SSSR count). The van der Waals surface area contributed by atoms with Crippen molar-refractivity contribution >= 4 is 17.7 Å². The summed E-state index contributed by atoms with van der Waals surface area (Å²) in [5.41, 5.74) is 3.00. The third-order valence-corrected chi connectivity index (χ3v) is 4.27. The normalized spacial score (nSPS) is 10.6. The fourth-order valence-electron chi connectivity index (χ4n) is 2.42. The molecule has 0 fully saturated rings. The Balaban J connectivity index is 1.94. The van der Waals surface area contributed by atoms with Gasteiger partial charge in [0.15, 0.2) is 5.16 Å². The van der Waals surface area contributed by atoms with Crippen molar-refractivity contribution in [2.75, 3.05) is 0 Å². The van der Waals surface area contributed by atoms with Crippen LogP contribution in [0.25, 0.3) is 0 Å². The van der Waals surface area contributed by atoms with Crippen LogP contribution >= 0.6 is 11.8 Å².